The van der Waals surface area contributed by atoms with Crippen LogP contribution in [0.5, 0.6) is 5.75 Å². The van der Waals surface area contributed by atoms with Gasteiger partial charge in [0.25, 0.3) is 5.91 Å². The van der Waals surface area contributed by atoms with Gasteiger partial charge >= 0.3 is 0 Å². The van der Waals surface area contributed by atoms with Crippen molar-refractivity contribution < 1.29 is 14.3 Å². The topological polar surface area (TPSA) is 70.7 Å². The van der Waals surface area contributed by atoms with Gasteiger partial charge in [0.15, 0.2) is 0 Å². The molecule has 2 amide bonds. The summed E-state index contributed by atoms with van der Waals surface area (Å²) in [5.74, 6) is 1.22. The fraction of sp³-hybridized carbons (Fsp3) is 0.583. The molecule has 0 radical (unpaired) electrons. The van der Waals surface area contributed by atoms with E-state index in [-0.39, 0.29) is 17.9 Å². The van der Waals surface area contributed by atoms with Crippen molar-refractivity contribution >= 4 is 11.8 Å². The molecule has 2 heterocycles. The summed E-state index contributed by atoms with van der Waals surface area (Å²) in [6.45, 7) is 9.71. The molecule has 3 aliphatic rings. The second-order valence-corrected chi connectivity index (χ2v) is 9.25. The van der Waals surface area contributed by atoms with Crippen molar-refractivity contribution in [2.45, 2.75) is 77.1 Å². The van der Waals surface area contributed by atoms with Gasteiger partial charge in [0.05, 0.1) is 0 Å². The van der Waals surface area contributed by atoms with Gasteiger partial charge in [-0.3, -0.25) is 9.59 Å². The molecule has 6 nitrogen and oxygen atoms in total. The number of piperidine rings is 1. The molecule has 4 rings (SSSR count). The average molecular weight is 412 g/mol. The Labute approximate surface area is 179 Å². The lowest BCUT2D eigenvalue weighted by atomic mass is 9.92. The molecular formula is C24H33N3O3. The van der Waals surface area contributed by atoms with Gasteiger partial charge in [-0.15, -0.1) is 0 Å². The third-order valence-electron chi connectivity index (χ3n) is 6.39. The molecular weight excluding hydrogens is 378 g/mol. The van der Waals surface area contributed by atoms with Gasteiger partial charge in [-0.05, 0) is 68.3 Å². The van der Waals surface area contributed by atoms with Crippen LogP contribution in [0.4, 0.5) is 0 Å². The molecule has 6 heteroatoms. The summed E-state index contributed by atoms with van der Waals surface area (Å²) in [4.78, 5) is 26.9. The molecule has 1 saturated heterocycles. The fourth-order valence-corrected chi connectivity index (χ4v) is 4.74. The van der Waals surface area contributed by atoms with Crippen LogP contribution >= 0.6 is 0 Å². The normalized spacial score (nSPS) is 26.7. The van der Waals surface area contributed by atoms with E-state index in [1.807, 2.05) is 18.2 Å². The van der Waals surface area contributed by atoms with Crippen LogP contribution in [-0.2, 0) is 11.3 Å². The van der Waals surface area contributed by atoms with E-state index in [1.54, 1.807) is 4.90 Å². The number of nitrogens with zero attached hydrogens (tertiary/aromatic N) is 1. The van der Waals surface area contributed by atoms with Crippen molar-refractivity contribution in [1.29, 1.82) is 0 Å². The van der Waals surface area contributed by atoms with E-state index in [1.165, 1.54) is 12.8 Å². The molecule has 0 bridgehead atoms. The van der Waals surface area contributed by atoms with Gasteiger partial charge in [-0.25, -0.2) is 0 Å². The standard InChI is InChI=1S/C24H33N3O3/c1-15(2)13-25-20-6-4-5-7-22(20)30-18-9-10-19-17(12-18)14-27(24(19)29)21-11-8-16(3)26-23(21)28/h9-10,12,15,20-22,25H,3-8,11,13-14H2,1-2H3,(H,26,28)/t20-,21?,22+/m1/s1. The summed E-state index contributed by atoms with van der Waals surface area (Å²) in [6, 6.07) is 5.68. The summed E-state index contributed by atoms with van der Waals surface area (Å²) < 4.78 is 6.39. The van der Waals surface area contributed by atoms with Gasteiger partial charge in [0, 0.05) is 23.8 Å². The first-order chi connectivity index (χ1) is 14.4. The van der Waals surface area contributed by atoms with E-state index in [2.05, 4.69) is 31.1 Å². The molecule has 1 aromatic carbocycles. The van der Waals surface area contributed by atoms with E-state index in [0.29, 0.717) is 36.9 Å². The number of carbonyl (C=O) groups is 2. The Kier molecular flexibility index (Phi) is 6.14. The van der Waals surface area contributed by atoms with Crippen LogP contribution in [0.2, 0.25) is 0 Å². The first kappa shape index (κ1) is 20.9. The lowest BCUT2D eigenvalue weighted by molar-refractivity contribution is -0.126. The minimum Gasteiger partial charge on any atom is -0.489 e. The number of benzene rings is 1. The largest absolute Gasteiger partial charge is 0.489 e. The lowest BCUT2D eigenvalue weighted by Crippen LogP contribution is -2.49. The molecule has 0 aromatic heterocycles. The molecule has 1 unspecified atom stereocenters. The molecule has 30 heavy (non-hydrogen) atoms. The van der Waals surface area contributed by atoms with Crippen LogP contribution in [0.1, 0.15) is 68.3 Å². The van der Waals surface area contributed by atoms with Gasteiger partial charge in [0.2, 0.25) is 5.91 Å². The van der Waals surface area contributed by atoms with Gasteiger partial charge in [-0.1, -0.05) is 26.8 Å². The van der Waals surface area contributed by atoms with E-state index in [0.717, 1.165) is 36.4 Å². The molecule has 2 N–H and O–H groups in total. The highest BCUT2D eigenvalue weighted by Gasteiger charge is 2.38. The predicted octanol–water partition coefficient (Wildman–Crippen LogP) is 3.37. The Bertz CT molecular complexity index is 835. The third kappa shape index (κ3) is 4.38. The molecule has 2 aliphatic heterocycles. The van der Waals surface area contributed by atoms with E-state index >= 15 is 0 Å². The van der Waals surface area contributed by atoms with Crippen molar-refractivity contribution in [1.82, 2.24) is 15.5 Å². The Morgan fingerprint density at radius 2 is 2.03 bits per heavy atom. The fourth-order valence-electron chi connectivity index (χ4n) is 4.74. The molecule has 162 valence electrons. The van der Waals surface area contributed by atoms with Gasteiger partial charge in [0.1, 0.15) is 17.9 Å². The van der Waals surface area contributed by atoms with Gasteiger partial charge < -0.3 is 20.3 Å². The highest BCUT2D eigenvalue weighted by atomic mass is 16.5. The SMILES string of the molecule is C=C1CCC(N2Cc3cc(O[C@H]4CCCC[C@H]4NCC(C)C)ccc3C2=O)C(=O)N1. The van der Waals surface area contributed by atoms with Crippen molar-refractivity contribution in [3.05, 3.63) is 41.6 Å². The first-order valence-corrected chi connectivity index (χ1v) is 11.2. The molecule has 1 aliphatic carbocycles. The van der Waals surface area contributed by atoms with Crippen LogP contribution in [-0.4, -0.2) is 41.4 Å². The number of carbonyl (C=O) groups excluding carboxylic acids is 2. The van der Waals surface area contributed by atoms with Crippen LogP contribution in [0, 0.1) is 5.92 Å². The molecule has 2 fully saturated rings. The third-order valence-corrected chi connectivity index (χ3v) is 6.39. The summed E-state index contributed by atoms with van der Waals surface area (Å²) >= 11 is 0. The van der Waals surface area contributed by atoms with E-state index < -0.39 is 6.04 Å². The lowest BCUT2D eigenvalue weighted by Gasteiger charge is -2.33. The van der Waals surface area contributed by atoms with Crippen molar-refractivity contribution in [3.63, 3.8) is 0 Å². The van der Waals surface area contributed by atoms with Crippen molar-refractivity contribution in [3.8, 4) is 5.75 Å². The zero-order chi connectivity index (χ0) is 21.3. The van der Waals surface area contributed by atoms with Crippen LogP contribution in [0.3, 0.4) is 0 Å². The monoisotopic (exact) mass is 411 g/mol. The van der Waals surface area contributed by atoms with Crippen molar-refractivity contribution in [2.24, 2.45) is 5.92 Å². The van der Waals surface area contributed by atoms with Crippen LogP contribution in [0.25, 0.3) is 0 Å². The number of nitrogens with one attached hydrogen (secondary N) is 2. The van der Waals surface area contributed by atoms with E-state index in [9.17, 15) is 9.59 Å². The number of hydrogen-bond acceptors (Lipinski definition) is 4. The Morgan fingerprint density at radius 3 is 2.80 bits per heavy atom. The molecule has 1 saturated carbocycles. The zero-order valence-electron chi connectivity index (χ0n) is 18.1. The number of allylic oxidation sites excluding steroid dienone is 1. The first-order valence-electron chi connectivity index (χ1n) is 11.2. The Morgan fingerprint density at radius 1 is 1.23 bits per heavy atom. The zero-order valence-corrected chi connectivity index (χ0v) is 18.1. The maximum atomic E-state index is 12.9. The summed E-state index contributed by atoms with van der Waals surface area (Å²) in [6.07, 6.45) is 6.08. The number of ether oxygens (including phenoxy) is 1. The van der Waals surface area contributed by atoms with Gasteiger partial charge in [-0.2, -0.15) is 0 Å². The van der Waals surface area contributed by atoms with E-state index in [4.69, 9.17) is 4.74 Å². The summed E-state index contributed by atoms with van der Waals surface area (Å²) in [5.41, 5.74) is 2.35. The quantitative estimate of drug-likeness (QED) is 0.753. The van der Waals surface area contributed by atoms with Crippen LogP contribution in [0.15, 0.2) is 30.5 Å². The summed E-state index contributed by atoms with van der Waals surface area (Å²) in [5, 5.41) is 6.46. The predicted molar refractivity (Wildman–Crippen MR) is 116 cm³/mol. The van der Waals surface area contributed by atoms with Crippen LogP contribution < -0.4 is 15.4 Å². The summed E-state index contributed by atoms with van der Waals surface area (Å²) in [7, 11) is 0. The second-order valence-electron chi connectivity index (χ2n) is 9.25. The smallest absolute Gasteiger partial charge is 0.255 e. The Balaban J connectivity index is 1.44. The number of amides is 2. The molecule has 3 atom stereocenters. The number of rotatable bonds is 6. The Hall–Kier alpha value is -2.34. The molecule has 1 aromatic rings. The minimum absolute atomic E-state index is 0.0710. The molecule has 0 spiro atoms. The highest BCUT2D eigenvalue weighted by molar-refractivity contribution is 6.01. The number of fused-ring (bicyclic) bond motifs is 1. The average Bonchev–Trinajstić information content (AvgIpc) is 3.03. The number of hydrogen-bond donors (Lipinski definition) is 2. The highest BCUT2D eigenvalue weighted by Crippen LogP contribution is 2.32. The maximum absolute atomic E-state index is 12.9. The second kappa shape index (κ2) is 8.80. The minimum atomic E-state index is -0.428. The maximum Gasteiger partial charge on any atom is 0.255 e. The van der Waals surface area contributed by atoms with Crippen molar-refractivity contribution in [2.75, 3.05) is 6.54 Å².